The van der Waals surface area contributed by atoms with Crippen LogP contribution < -0.4 is 10.1 Å². The van der Waals surface area contributed by atoms with E-state index in [0.717, 1.165) is 36.6 Å². The van der Waals surface area contributed by atoms with Crippen molar-refractivity contribution in [3.05, 3.63) is 17.3 Å². The molecule has 0 aromatic carbocycles. The zero-order chi connectivity index (χ0) is 12.8. The first-order valence-electron chi connectivity index (χ1n) is 5.99. The van der Waals surface area contributed by atoms with Crippen LogP contribution in [0, 0.1) is 0 Å². The van der Waals surface area contributed by atoms with Gasteiger partial charge < -0.3 is 14.5 Å². The van der Waals surface area contributed by atoms with Crippen LogP contribution in [0.1, 0.15) is 19.2 Å². The zero-order valence-corrected chi connectivity index (χ0v) is 11.4. The molecule has 0 aliphatic heterocycles. The van der Waals surface area contributed by atoms with Crippen molar-refractivity contribution in [3.63, 3.8) is 0 Å². The summed E-state index contributed by atoms with van der Waals surface area (Å²) >= 11 is 1.54. The molecule has 0 unspecified atom stereocenters. The molecule has 0 fully saturated rings. The van der Waals surface area contributed by atoms with Gasteiger partial charge in [0.2, 0.25) is 5.89 Å². The molecule has 98 valence electrons. The van der Waals surface area contributed by atoms with Crippen molar-refractivity contribution in [2.75, 3.05) is 20.2 Å². The Morgan fingerprint density at radius 3 is 3.06 bits per heavy atom. The number of hydrogen-bond donors (Lipinski definition) is 1. The summed E-state index contributed by atoms with van der Waals surface area (Å²) in [5, 5.41) is 13.3. The lowest BCUT2D eigenvalue weighted by Gasteiger charge is -1.97. The molecule has 0 aliphatic carbocycles. The van der Waals surface area contributed by atoms with Crippen LogP contribution in [0.3, 0.4) is 0 Å². The number of ether oxygens (including phenoxy) is 1. The normalized spacial score (nSPS) is 10.8. The smallest absolute Gasteiger partial charge is 0.257 e. The highest BCUT2D eigenvalue weighted by molar-refractivity contribution is 7.13. The molecule has 5 nitrogen and oxygen atoms in total. The van der Waals surface area contributed by atoms with Crippen LogP contribution in [0.15, 0.2) is 15.9 Å². The molecule has 2 heterocycles. The van der Waals surface area contributed by atoms with Gasteiger partial charge in [0.05, 0.1) is 12.0 Å². The molecule has 1 N–H and O–H groups in total. The SMILES string of the molecule is CCNCCCc1nnc(-c2cc(OC)cs2)o1. The molecule has 6 heteroatoms. The van der Waals surface area contributed by atoms with Crippen molar-refractivity contribution in [1.82, 2.24) is 15.5 Å². The largest absolute Gasteiger partial charge is 0.496 e. The minimum atomic E-state index is 0.571. The third kappa shape index (κ3) is 3.30. The number of nitrogens with one attached hydrogen (secondary N) is 1. The fourth-order valence-electron chi connectivity index (χ4n) is 1.53. The lowest BCUT2D eigenvalue weighted by atomic mass is 10.3. The molecular weight excluding hydrogens is 250 g/mol. The van der Waals surface area contributed by atoms with Gasteiger partial charge in [-0.2, -0.15) is 0 Å². The van der Waals surface area contributed by atoms with Gasteiger partial charge in [-0.25, -0.2) is 0 Å². The van der Waals surface area contributed by atoms with E-state index >= 15 is 0 Å². The first-order chi connectivity index (χ1) is 8.83. The monoisotopic (exact) mass is 267 g/mol. The Labute approximate surface area is 110 Å². The molecule has 0 spiro atoms. The first kappa shape index (κ1) is 13.0. The minimum absolute atomic E-state index is 0.571. The molecule has 0 bridgehead atoms. The lowest BCUT2D eigenvalue weighted by Crippen LogP contribution is -2.14. The number of nitrogens with zero attached hydrogens (tertiary/aromatic N) is 2. The van der Waals surface area contributed by atoms with E-state index in [0.29, 0.717) is 11.8 Å². The highest BCUT2D eigenvalue weighted by Gasteiger charge is 2.11. The quantitative estimate of drug-likeness (QED) is 0.780. The topological polar surface area (TPSA) is 60.2 Å². The summed E-state index contributed by atoms with van der Waals surface area (Å²) in [6.07, 6.45) is 1.81. The van der Waals surface area contributed by atoms with Crippen LogP contribution in [-0.2, 0) is 6.42 Å². The summed E-state index contributed by atoms with van der Waals surface area (Å²) in [6.45, 7) is 4.06. The third-order valence-electron chi connectivity index (χ3n) is 2.48. The third-order valence-corrected chi connectivity index (χ3v) is 3.38. The Hall–Kier alpha value is -1.40. The van der Waals surface area contributed by atoms with Crippen LogP contribution in [0.2, 0.25) is 0 Å². The van der Waals surface area contributed by atoms with Gasteiger partial charge in [0.1, 0.15) is 5.75 Å². The number of rotatable bonds is 7. The second kappa shape index (κ2) is 6.51. The van der Waals surface area contributed by atoms with Crippen LogP contribution in [0.4, 0.5) is 0 Å². The summed E-state index contributed by atoms with van der Waals surface area (Å²) in [7, 11) is 1.64. The maximum absolute atomic E-state index is 5.61. The molecule has 2 aromatic heterocycles. The van der Waals surface area contributed by atoms with E-state index in [1.165, 1.54) is 11.3 Å². The van der Waals surface area contributed by atoms with Crippen molar-refractivity contribution in [3.8, 4) is 16.5 Å². The summed E-state index contributed by atoms with van der Waals surface area (Å²) < 4.78 is 10.7. The zero-order valence-electron chi connectivity index (χ0n) is 10.6. The highest BCUT2D eigenvalue weighted by atomic mass is 32.1. The van der Waals surface area contributed by atoms with Gasteiger partial charge in [-0.1, -0.05) is 6.92 Å². The summed E-state index contributed by atoms with van der Waals surface area (Å²) in [5.41, 5.74) is 0. The van der Waals surface area contributed by atoms with Crippen molar-refractivity contribution >= 4 is 11.3 Å². The molecule has 0 atom stereocenters. The number of methoxy groups -OCH3 is 1. The number of thiophene rings is 1. The van der Waals surface area contributed by atoms with Crippen LogP contribution in [-0.4, -0.2) is 30.4 Å². The van der Waals surface area contributed by atoms with E-state index in [1.807, 2.05) is 11.4 Å². The van der Waals surface area contributed by atoms with E-state index in [2.05, 4.69) is 22.4 Å². The number of hydrogen-bond acceptors (Lipinski definition) is 6. The predicted molar refractivity (Wildman–Crippen MR) is 71.0 cm³/mol. The van der Waals surface area contributed by atoms with E-state index in [1.54, 1.807) is 7.11 Å². The molecule has 2 aromatic rings. The van der Waals surface area contributed by atoms with Gasteiger partial charge >= 0.3 is 0 Å². The predicted octanol–water partition coefficient (Wildman–Crippen LogP) is 2.35. The molecule has 0 saturated carbocycles. The van der Waals surface area contributed by atoms with Crippen molar-refractivity contribution in [2.24, 2.45) is 0 Å². The average molecular weight is 267 g/mol. The fraction of sp³-hybridized carbons (Fsp3) is 0.500. The maximum Gasteiger partial charge on any atom is 0.257 e. The Kier molecular flexibility index (Phi) is 4.72. The maximum atomic E-state index is 5.61. The fourth-order valence-corrected chi connectivity index (χ4v) is 2.31. The Balaban J connectivity index is 1.93. The molecule has 2 rings (SSSR count). The first-order valence-corrected chi connectivity index (χ1v) is 6.87. The Bertz CT molecular complexity index is 481. The van der Waals surface area contributed by atoms with E-state index in [9.17, 15) is 0 Å². The van der Waals surface area contributed by atoms with Gasteiger partial charge in [-0.05, 0) is 19.5 Å². The molecule has 0 aliphatic rings. The molecule has 0 amide bonds. The van der Waals surface area contributed by atoms with E-state index in [-0.39, 0.29) is 0 Å². The van der Waals surface area contributed by atoms with Crippen molar-refractivity contribution < 1.29 is 9.15 Å². The number of aromatic nitrogens is 2. The highest BCUT2D eigenvalue weighted by Crippen LogP contribution is 2.29. The molecule has 0 radical (unpaired) electrons. The van der Waals surface area contributed by atoms with Crippen LogP contribution in [0.5, 0.6) is 5.75 Å². The number of aryl methyl sites for hydroxylation is 1. The average Bonchev–Trinajstić information content (AvgIpc) is 3.03. The standard InChI is InChI=1S/C12H17N3O2S/c1-3-13-6-4-5-11-14-15-12(17-11)10-7-9(16-2)8-18-10/h7-8,13H,3-6H2,1-2H3. The van der Waals surface area contributed by atoms with Gasteiger partial charge in [0.25, 0.3) is 5.89 Å². The van der Waals surface area contributed by atoms with Crippen molar-refractivity contribution in [1.29, 1.82) is 0 Å². The second-order valence-electron chi connectivity index (χ2n) is 3.81. The minimum Gasteiger partial charge on any atom is -0.496 e. The summed E-state index contributed by atoms with van der Waals surface area (Å²) in [4.78, 5) is 0.942. The van der Waals surface area contributed by atoms with Gasteiger partial charge in [-0.3, -0.25) is 0 Å². The Morgan fingerprint density at radius 1 is 1.44 bits per heavy atom. The van der Waals surface area contributed by atoms with Crippen LogP contribution >= 0.6 is 11.3 Å². The Morgan fingerprint density at radius 2 is 2.33 bits per heavy atom. The van der Waals surface area contributed by atoms with E-state index < -0.39 is 0 Å². The molecular formula is C12H17N3O2S. The lowest BCUT2D eigenvalue weighted by molar-refractivity contribution is 0.416. The summed E-state index contributed by atoms with van der Waals surface area (Å²) in [5.74, 6) is 2.08. The summed E-state index contributed by atoms with van der Waals surface area (Å²) in [6, 6.07) is 1.90. The van der Waals surface area contributed by atoms with Gasteiger partial charge in [0, 0.05) is 17.9 Å². The molecule has 18 heavy (non-hydrogen) atoms. The van der Waals surface area contributed by atoms with Gasteiger partial charge in [0.15, 0.2) is 0 Å². The van der Waals surface area contributed by atoms with Crippen molar-refractivity contribution in [2.45, 2.75) is 19.8 Å². The van der Waals surface area contributed by atoms with E-state index in [4.69, 9.17) is 9.15 Å². The molecule has 0 saturated heterocycles. The van der Waals surface area contributed by atoms with Gasteiger partial charge in [-0.15, -0.1) is 21.5 Å². The second-order valence-corrected chi connectivity index (χ2v) is 4.72. The van der Waals surface area contributed by atoms with Crippen LogP contribution in [0.25, 0.3) is 10.8 Å².